The topological polar surface area (TPSA) is 85.9 Å². The first-order valence-corrected chi connectivity index (χ1v) is 16.1. The van der Waals surface area contributed by atoms with E-state index < -0.39 is 17.6 Å². The smallest absolute Gasteiger partial charge is 0.380 e. The molecule has 1 N–H and O–H groups in total. The quantitative estimate of drug-likeness (QED) is 0.138. The molecule has 0 fully saturated rings. The van der Waals surface area contributed by atoms with Crippen molar-refractivity contribution < 1.29 is 36.0 Å². The van der Waals surface area contributed by atoms with E-state index in [1.165, 1.54) is 0 Å². The molecule has 33 heavy (non-hydrogen) atoms. The summed E-state index contributed by atoms with van der Waals surface area (Å²) >= 11 is 0. The molecular weight excluding hydrogens is 462 g/mol. The fourth-order valence-electron chi connectivity index (χ4n) is 3.53. The van der Waals surface area contributed by atoms with Crippen LogP contribution in [0.5, 0.6) is 0 Å². The van der Waals surface area contributed by atoms with E-state index >= 15 is 0 Å². The Labute approximate surface area is 204 Å². The summed E-state index contributed by atoms with van der Waals surface area (Å²) in [6, 6.07) is 1.73. The second-order valence-electron chi connectivity index (χ2n) is 7.89. The first-order chi connectivity index (χ1) is 16.1. The highest BCUT2D eigenvalue weighted by Crippen LogP contribution is 2.18. The predicted octanol–water partition coefficient (Wildman–Crippen LogP) is 3.49. The zero-order valence-corrected chi connectivity index (χ0v) is 24.1. The molecule has 0 aromatic rings. The van der Waals surface area contributed by atoms with E-state index in [1.807, 2.05) is 0 Å². The molecule has 0 spiro atoms. The molecule has 0 aliphatic heterocycles. The Balaban J connectivity index is 3.32. The number of hydrogen-bond acceptors (Lipinski definition) is 9. The van der Waals surface area contributed by atoms with Crippen LogP contribution in [0.4, 0.5) is 0 Å². The normalized spacial score (nSPS) is 12.5. The fraction of sp³-hybridized carbons (Fsp3) is 1.00. The molecule has 200 valence electrons. The van der Waals surface area contributed by atoms with Crippen LogP contribution in [0.1, 0.15) is 51.4 Å². The van der Waals surface area contributed by atoms with Gasteiger partial charge in [0, 0.05) is 81.1 Å². The molecule has 0 aliphatic rings. The molecule has 11 heteroatoms. The summed E-state index contributed by atoms with van der Waals surface area (Å²) in [6.45, 7) is 4.81. The van der Waals surface area contributed by atoms with Crippen LogP contribution in [0.2, 0.25) is 12.1 Å². The van der Waals surface area contributed by atoms with Crippen molar-refractivity contribution in [2.75, 3.05) is 82.2 Å². The van der Waals surface area contributed by atoms with Crippen molar-refractivity contribution in [3.8, 4) is 0 Å². The third-order valence-corrected chi connectivity index (χ3v) is 11.4. The summed E-state index contributed by atoms with van der Waals surface area (Å²) in [6.07, 6.45) is 8.85. The minimum absolute atomic E-state index is 0.738. The summed E-state index contributed by atoms with van der Waals surface area (Å²) in [7, 11) is 5.18. The Morgan fingerprint density at radius 2 is 0.758 bits per heavy atom. The highest BCUT2D eigenvalue weighted by Gasteiger charge is 2.37. The second kappa shape index (κ2) is 22.5. The van der Waals surface area contributed by atoms with E-state index in [0.29, 0.717) is 0 Å². The standard InChI is InChI=1S/C22H51NO8Si2/c1-24-32(25-2,26-3)21-13-9-7-11-17-30-19-15-23-16-20-31-18-12-8-10-14-22-33(27-4,28-5)29-6/h23H,7-22H2,1-6H3. The SMILES string of the molecule is CO[Si](CCCCCCOCCNCCOCCCCCC[Si](OC)(OC)OC)(OC)OC. The summed E-state index contributed by atoms with van der Waals surface area (Å²) in [4.78, 5) is 0. The number of hydrogen-bond donors (Lipinski definition) is 1. The van der Waals surface area contributed by atoms with Crippen molar-refractivity contribution in [1.29, 1.82) is 0 Å². The van der Waals surface area contributed by atoms with Gasteiger partial charge in [0.15, 0.2) is 0 Å². The molecule has 0 saturated carbocycles. The number of nitrogens with one attached hydrogen (secondary N) is 1. The number of rotatable bonds is 26. The largest absolute Gasteiger partial charge is 0.500 e. The van der Waals surface area contributed by atoms with E-state index in [1.54, 1.807) is 42.7 Å². The molecule has 0 rings (SSSR count). The molecule has 0 radical (unpaired) electrons. The third-order valence-electron chi connectivity index (χ3n) is 5.76. The van der Waals surface area contributed by atoms with Crippen LogP contribution < -0.4 is 5.32 Å². The average Bonchev–Trinajstić information content (AvgIpc) is 2.86. The van der Waals surface area contributed by atoms with Crippen LogP contribution in [0.15, 0.2) is 0 Å². The van der Waals surface area contributed by atoms with Gasteiger partial charge in [0.2, 0.25) is 0 Å². The molecule has 0 heterocycles. The van der Waals surface area contributed by atoms with E-state index in [-0.39, 0.29) is 0 Å². The molecule has 0 bridgehead atoms. The van der Waals surface area contributed by atoms with Crippen molar-refractivity contribution in [1.82, 2.24) is 5.32 Å². The second-order valence-corrected chi connectivity index (χ2v) is 14.1. The summed E-state index contributed by atoms with van der Waals surface area (Å²) < 4.78 is 44.0. The van der Waals surface area contributed by atoms with Gasteiger partial charge in [0.25, 0.3) is 0 Å². The van der Waals surface area contributed by atoms with E-state index in [9.17, 15) is 0 Å². The van der Waals surface area contributed by atoms with Gasteiger partial charge in [0.05, 0.1) is 13.2 Å². The van der Waals surface area contributed by atoms with Gasteiger partial charge in [-0.05, 0) is 25.7 Å². The molecule has 0 saturated heterocycles. The highest BCUT2D eigenvalue weighted by atomic mass is 28.4. The van der Waals surface area contributed by atoms with E-state index in [4.69, 9.17) is 36.0 Å². The molecule has 9 nitrogen and oxygen atoms in total. The van der Waals surface area contributed by atoms with Crippen molar-refractivity contribution in [2.24, 2.45) is 0 Å². The minimum atomic E-state index is -2.40. The minimum Gasteiger partial charge on any atom is -0.380 e. The van der Waals surface area contributed by atoms with E-state index in [0.717, 1.165) is 103 Å². The first kappa shape index (κ1) is 33.1. The lowest BCUT2D eigenvalue weighted by Gasteiger charge is -2.24. The van der Waals surface area contributed by atoms with Crippen LogP contribution in [-0.2, 0) is 36.0 Å². The summed E-state index contributed by atoms with van der Waals surface area (Å²) in [5.74, 6) is 0. The van der Waals surface area contributed by atoms with Gasteiger partial charge < -0.3 is 41.3 Å². The van der Waals surface area contributed by atoms with Gasteiger partial charge in [-0.1, -0.05) is 25.7 Å². The van der Waals surface area contributed by atoms with Gasteiger partial charge >= 0.3 is 17.6 Å². The Morgan fingerprint density at radius 3 is 1.09 bits per heavy atom. The van der Waals surface area contributed by atoms with Crippen molar-refractivity contribution in [2.45, 2.75) is 63.5 Å². The van der Waals surface area contributed by atoms with Gasteiger partial charge in [-0.3, -0.25) is 0 Å². The third kappa shape index (κ3) is 16.4. The summed E-state index contributed by atoms with van der Waals surface area (Å²) in [5.41, 5.74) is 0. The monoisotopic (exact) mass is 513 g/mol. The Morgan fingerprint density at radius 1 is 0.424 bits per heavy atom. The first-order valence-electron chi connectivity index (χ1n) is 12.2. The van der Waals surface area contributed by atoms with Crippen LogP contribution >= 0.6 is 0 Å². The average molecular weight is 514 g/mol. The van der Waals surface area contributed by atoms with Gasteiger partial charge in [-0.2, -0.15) is 0 Å². The molecule has 0 aromatic heterocycles. The van der Waals surface area contributed by atoms with E-state index in [2.05, 4.69) is 5.32 Å². The predicted molar refractivity (Wildman–Crippen MR) is 135 cm³/mol. The zero-order chi connectivity index (χ0) is 24.7. The van der Waals surface area contributed by atoms with Crippen LogP contribution in [-0.4, -0.2) is 99.8 Å². The maximum atomic E-state index is 5.68. The van der Waals surface area contributed by atoms with Crippen LogP contribution in [0.25, 0.3) is 0 Å². The Hall–Kier alpha value is 0.0738. The molecular formula is C22H51NO8Si2. The molecule has 0 aliphatic carbocycles. The van der Waals surface area contributed by atoms with Gasteiger partial charge in [-0.25, -0.2) is 0 Å². The fourth-order valence-corrected chi connectivity index (χ4v) is 7.12. The molecule has 0 unspecified atom stereocenters. The van der Waals surface area contributed by atoms with Gasteiger partial charge in [0.1, 0.15) is 0 Å². The Bertz CT molecular complexity index is 363. The van der Waals surface area contributed by atoms with Gasteiger partial charge in [-0.15, -0.1) is 0 Å². The lowest BCUT2D eigenvalue weighted by molar-refractivity contribution is 0.116. The van der Waals surface area contributed by atoms with Crippen molar-refractivity contribution in [3.05, 3.63) is 0 Å². The zero-order valence-electron chi connectivity index (χ0n) is 22.1. The van der Waals surface area contributed by atoms with Crippen molar-refractivity contribution in [3.63, 3.8) is 0 Å². The number of ether oxygens (including phenoxy) is 2. The van der Waals surface area contributed by atoms with Crippen LogP contribution in [0.3, 0.4) is 0 Å². The van der Waals surface area contributed by atoms with Crippen molar-refractivity contribution >= 4 is 17.6 Å². The molecule has 0 atom stereocenters. The number of unbranched alkanes of at least 4 members (excludes halogenated alkanes) is 6. The van der Waals surface area contributed by atoms with Crippen LogP contribution in [0, 0.1) is 0 Å². The maximum absolute atomic E-state index is 5.68. The highest BCUT2D eigenvalue weighted by molar-refractivity contribution is 6.60. The molecule has 0 aromatic carbocycles. The lowest BCUT2D eigenvalue weighted by Crippen LogP contribution is -2.42. The molecule has 0 amide bonds. The summed E-state index contributed by atoms with van der Waals surface area (Å²) in [5, 5.41) is 3.36. The maximum Gasteiger partial charge on any atom is 0.500 e. The Kier molecular flexibility index (Phi) is 22.6. The lowest BCUT2D eigenvalue weighted by atomic mass is 10.2.